The summed E-state index contributed by atoms with van der Waals surface area (Å²) in [5, 5.41) is 2.86. The molecular formula is C12H26N2O2S. The molecule has 0 bridgehead atoms. The molecule has 0 spiro atoms. The molecule has 0 aliphatic heterocycles. The Balaban J connectivity index is 4.01. The van der Waals surface area contributed by atoms with E-state index in [4.69, 9.17) is 5.73 Å². The van der Waals surface area contributed by atoms with E-state index >= 15 is 0 Å². The van der Waals surface area contributed by atoms with Crippen LogP contribution in [0.25, 0.3) is 0 Å². The monoisotopic (exact) mass is 262 g/mol. The molecule has 4 nitrogen and oxygen atoms in total. The lowest BCUT2D eigenvalue weighted by atomic mass is 9.94. The molecule has 1 amide bonds. The van der Waals surface area contributed by atoms with Gasteiger partial charge < -0.3 is 11.1 Å². The predicted octanol–water partition coefficient (Wildman–Crippen LogP) is 0.881. The van der Waals surface area contributed by atoms with Gasteiger partial charge in [0.2, 0.25) is 5.91 Å². The first kappa shape index (κ1) is 16.6. The summed E-state index contributed by atoms with van der Waals surface area (Å²) in [6.07, 6.45) is 3.08. The van der Waals surface area contributed by atoms with E-state index in [1.165, 1.54) is 0 Å². The highest BCUT2D eigenvalue weighted by Gasteiger charge is 2.15. The zero-order valence-corrected chi connectivity index (χ0v) is 12.2. The lowest BCUT2D eigenvalue weighted by Crippen LogP contribution is -2.38. The molecule has 0 saturated heterocycles. The minimum atomic E-state index is -0.875. The van der Waals surface area contributed by atoms with Gasteiger partial charge in [-0.05, 0) is 31.7 Å². The highest BCUT2D eigenvalue weighted by atomic mass is 32.2. The maximum Gasteiger partial charge on any atom is 0.220 e. The summed E-state index contributed by atoms with van der Waals surface area (Å²) >= 11 is 0. The number of amides is 1. The van der Waals surface area contributed by atoms with Gasteiger partial charge in [-0.25, -0.2) is 0 Å². The number of rotatable bonds is 8. The first-order valence-electron chi connectivity index (χ1n) is 6.14. The average Bonchev–Trinajstić information content (AvgIpc) is 2.13. The van der Waals surface area contributed by atoms with Crippen LogP contribution in [-0.4, -0.2) is 34.7 Å². The smallest absolute Gasteiger partial charge is 0.220 e. The van der Waals surface area contributed by atoms with Crippen molar-refractivity contribution in [3.8, 4) is 0 Å². The fourth-order valence-corrected chi connectivity index (χ4v) is 2.71. The Kier molecular flexibility index (Phi) is 8.43. The van der Waals surface area contributed by atoms with Crippen LogP contribution in [-0.2, 0) is 15.6 Å². The Morgan fingerprint density at radius 3 is 2.35 bits per heavy atom. The molecule has 0 radical (unpaired) electrons. The first-order chi connectivity index (χ1) is 7.85. The highest BCUT2D eigenvalue weighted by molar-refractivity contribution is 7.84. The van der Waals surface area contributed by atoms with E-state index in [0.717, 1.165) is 6.42 Å². The van der Waals surface area contributed by atoms with Crippen LogP contribution < -0.4 is 11.1 Å². The number of hydrogen-bond donors (Lipinski definition) is 2. The minimum absolute atomic E-state index is 0.0130. The highest BCUT2D eigenvalue weighted by Crippen LogP contribution is 2.14. The predicted molar refractivity (Wildman–Crippen MR) is 73.2 cm³/mol. The van der Waals surface area contributed by atoms with Gasteiger partial charge in [-0.2, -0.15) is 0 Å². The molecule has 17 heavy (non-hydrogen) atoms. The van der Waals surface area contributed by atoms with Crippen LogP contribution >= 0.6 is 0 Å². The van der Waals surface area contributed by atoms with Gasteiger partial charge in [0, 0.05) is 35.3 Å². The van der Waals surface area contributed by atoms with Gasteiger partial charge >= 0.3 is 0 Å². The van der Waals surface area contributed by atoms with Crippen molar-refractivity contribution in [2.75, 3.05) is 18.6 Å². The van der Waals surface area contributed by atoms with E-state index in [1.807, 2.05) is 6.92 Å². The van der Waals surface area contributed by atoms with Crippen LogP contribution in [0.4, 0.5) is 0 Å². The van der Waals surface area contributed by atoms with Gasteiger partial charge in [-0.3, -0.25) is 9.00 Å². The van der Waals surface area contributed by atoms with Crippen LogP contribution in [0, 0.1) is 11.8 Å². The van der Waals surface area contributed by atoms with Gasteiger partial charge in [0.1, 0.15) is 0 Å². The van der Waals surface area contributed by atoms with E-state index in [-0.39, 0.29) is 17.9 Å². The molecule has 0 aromatic rings. The zero-order chi connectivity index (χ0) is 13.4. The zero-order valence-electron chi connectivity index (χ0n) is 11.4. The van der Waals surface area contributed by atoms with E-state index in [9.17, 15) is 9.00 Å². The normalized spacial score (nSPS) is 16.6. The fourth-order valence-electron chi connectivity index (χ4n) is 1.92. The minimum Gasteiger partial charge on any atom is -0.353 e. The summed E-state index contributed by atoms with van der Waals surface area (Å²) in [6, 6.07) is -0.0363. The molecule has 3 N–H and O–H groups in total. The Morgan fingerprint density at radius 1 is 1.35 bits per heavy atom. The molecular weight excluding hydrogens is 236 g/mol. The summed E-state index contributed by atoms with van der Waals surface area (Å²) in [7, 11) is -0.875. The molecule has 5 heteroatoms. The van der Waals surface area contributed by atoms with Crippen LogP contribution in [0.5, 0.6) is 0 Å². The van der Waals surface area contributed by atoms with Gasteiger partial charge in [0.25, 0.3) is 0 Å². The standard InChI is InChI=1S/C12H26N2O2S/c1-9(2)5-11(7-13)6-12(15)14-10(3)8-17(4)16/h9-11H,5-8,13H2,1-4H3,(H,14,15)/t10?,11-,17?/m0/s1. The van der Waals surface area contributed by atoms with Crippen LogP contribution in [0.1, 0.15) is 33.6 Å². The molecule has 0 aliphatic rings. The Bertz CT molecular complexity index is 257. The lowest BCUT2D eigenvalue weighted by molar-refractivity contribution is -0.122. The summed E-state index contributed by atoms with van der Waals surface area (Å²) < 4.78 is 11.0. The number of carbonyl (C=O) groups excluding carboxylic acids is 1. The average molecular weight is 262 g/mol. The van der Waals surface area contributed by atoms with Crippen LogP contribution in [0.2, 0.25) is 0 Å². The number of nitrogens with two attached hydrogens (primary N) is 1. The van der Waals surface area contributed by atoms with Crippen molar-refractivity contribution in [1.82, 2.24) is 5.32 Å². The summed E-state index contributed by atoms with van der Waals surface area (Å²) in [4.78, 5) is 11.7. The molecule has 0 rings (SSSR count). The maximum absolute atomic E-state index is 11.7. The summed E-state index contributed by atoms with van der Waals surface area (Å²) in [5.41, 5.74) is 5.65. The molecule has 0 heterocycles. The van der Waals surface area contributed by atoms with Gasteiger partial charge in [0.05, 0.1) is 0 Å². The summed E-state index contributed by atoms with van der Waals surface area (Å²) in [6.45, 7) is 6.67. The van der Waals surface area contributed by atoms with E-state index in [1.54, 1.807) is 6.26 Å². The van der Waals surface area contributed by atoms with Crippen molar-refractivity contribution in [3.63, 3.8) is 0 Å². The molecule has 0 aliphatic carbocycles. The third kappa shape index (κ3) is 9.30. The first-order valence-corrected chi connectivity index (χ1v) is 7.87. The third-order valence-electron chi connectivity index (χ3n) is 2.50. The van der Waals surface area contributed by atoms with Crippen molar-refractivity contribution in [1.29, 1.82) is 0 Å². The molecule has 2 unspecified atom stereocenters. The van der Waals surface area contributed by atoms with Crippen molar-refractivity contribution in [2.45, 2.75) is 39.7 Å². The second kappa shape index (κ2) is 8.64. The van der Waals surface area contributed by atoms with E-state index < -0.39 is 10.8 Å². The van der Waals surface area contributed by atoms with Crippen molar-refractivity contribution in [3.05, 3.63) is 0 Å². The lowest BCUT2D eigenvalue weighted by Gasteiger charge is -2.18. The summed E-state index contributed by atoms with van der Waals surface area (Å²) in [5.74, 6) is 1.31. The Labute approximate surface area is 107 Å². The van der Waals surface area contributed by atoms with Crippen molar-refractivity contribution >= 4 is 16.7 Å². The van der Waals surface area contributed by atoms with Crippen LogP contribution in [0.3, 0.4) is 0 Å². The SMILES string of the molecule is CC(C)C[C@H](CN)CC(=O)NC(C)CS(C)=O. The third-order valence-corrected chi connectivity index (χ3v) is 3.47. The fraction of sp³-hybridized carbons (Fsp3) is 0.917. The molecule has 102 valence electrons. The number of hydrogen-bond acceptors (Lipinski definition) is 3. The Hall–Kier alpha value is -0.420. The Morgan fingerprint density at radius 2 is 1.94 bits per heavy atom. The van der Waals surface area contributed by atoms with Crippen molar-refractivity contribution in [2.24, 2.45) is 17.6 Å². The number of carbonyl (C=O) groups is 1. The molecule has 3 atom stereocenters. The largest absolute Gasteiger partial charge is 0.353 e. The quantitative estimate of drug-likeness (QED) is 0.682. The van der Waals surface area contributed by atoms with E-state index in [0.29, 0.717) is 24.6 Å². The van der Waals surface area contributed by atoms with Crippen molar-refractivity contribution < 1.29 is 9.00 Å². The van der Waals surface area contributed by atoms with E-state index in [2.05, 4.69) is 19.2 Å². The van der Waals surface area contributed by atoms with Gasteiger partial charge in [0.15, 0.2) is 0 Å². The van der Waals surface area contributed by atoms with Gasteiger partial charge in [-0.1, -0.05) is 13.8 Å². The molecule has 0 aromatic heterocycles. The molecule has 0 fully saturated rings. The molecule has 0 saturated carbocycles. The maximum atomic E-state index is 11.7. The topological polar surface area (TPSA) is 72.2 Å². The molecule has 0 aromatic carbocycles. The van der Waals surface area contributed by atoms with Crippen LogP contribution in [0.15, 0.2) is 0 Å². The second-order valence-corrected chi connectivity index (χ2v) is 6.62. The number of nitrogens with one attached hydrogen (secondary N) is 1. The van der Waals surface area contributed by atoms with Gasteiger partial charge in [-0.15, -0.1) is 0 Å². The second-order valence-electron chi connectivity index (χ2n) is 5.14.